The first-order valence-electron chi connectivity index (χ1n) is 17.8. The largest absolute Gasteiger partial charge is 0.444 e. The Morgan fingerprint density at radius 2 is 1.85 bits per heavy atom. The molecule has 288 valence electrons. The van der Waals surface area contributed by atoms with Crippen LogP contribution in [-0.2, 0) is 42.2 Å². The normalized spacial score (nSPS) is 27.0. The van der Waals surface area contributed by atoms with Crippen molar-refractivity contribution in [3.63, 3.8) is 0 Å². The number of ether oxygens (including phenoxy) is 2. The van der Waals surface area contributed by atoms with E-state index in [0.29, 0.717) is 41.7 Å². The second-order valence-corrected chi connectivity index (χ2v) is 19.3. The second-order valence-electron chi connectivity index (χ2n) is 15.1. The van der Waals surface area contributed by atoms with Gasteiger partial charge in [-0.15, -0.1) is 11.3 Å². The highest BCUT2D eigenvalue weighted by Crippen LogP contribution is 2.45. The van der Waals surface area contributed by atoms with Gasteiger partial charge in [0, 0.05) is 37.0 Å². The number of thiophene rings is 1. The summed E-state index contributed by atoms with van der Waals surface area (Å²) in [6.07, 6.45) is 5.67. The Hall–Kier alpha value is -3.37. The van der Waals surface area contributed by atoms with Crippen LogP contribution in [0.4, 0.5) is 9.59 Å². The number of carbonyl (C=O) groups is 4. The van der Waals surface area contributed by atoms with Gasteiger partial charge in [-0.25, -0.2) is 22.7 Å². The lowest BCUT2D eigenvalue weighted by Gasteiger charge is -2.30. The average Bonchev–Trinajstić information content (AvgIpc) is 3.46. The minimum absolute atomic E-state index is 0.00505. The fraction of sp³-hybridized carbons (Fsp3) is 0.556. The molecular weight excluding hydrogens is 765 g/mol. The number of carbonyl (C=O) groups excluding carboxylic acids is 4. The number of allylic oxidation sites excluding steroid dienone is 1. The van der Waals surface area contributed by atoms with Crippen LogP contribution in [0.15, 0.2) is 46.7 Å². The maximum Gasteiger partial charge on any atom is 0.410 e. The highest BCUT2D eigenvalue weighted by Gasteiger charge is 2.56. The number of hydrogen-bond donors (Lipinski definition) is 3. The van der Waals surface area contributed by atoms with E-state index in [-0.39, 0.29) is 29.6 Å². The Morgan fingerprint density at radius 1 is 1.08 bits per heavy atom. The number of halogens is 2. The van der Waals surface area contributed by atoms with E-state index in [2.05, 4.69) is 15.4 Å². The molecule has 6 rings (SSSR count). The van der Waals surface area contributed by atoms with Crippen molar-refractivity contribution in [3.05, 3.63) is 63.0 Å². The molecule has 4 amide bonds. The standard InChI is InChI=1S/C36H45Cl2N5O8S2/c1-35(2,3)51-33(46)40-27-10-8-6-4-5-7-9-24-17-36(24,21-39-53(48,49)30-14-13-29(38)52-30)41-31(44)28-16-26(20-43(28)32(27)45)50-34(47)42-18-22-11-12-25(37)15-23(22)19-42/h7,9,11-15,24,26-28,39H,4-6,8,10,16-21H2,1-3H3,(H,40,46)(H,41,44)/b9-7-. The number of fused-ring (bicyclic) bond motifs is 3. The predicted molar refractivity (Wildman–Crippen MR) is 200 cm³/mol. The molecule has 3 aliphatic heterocycles. The molecule has 1 aliphatic carbocycles. The number of amides is 4. The molecule has 0 bridgehead atoms. The fourth-order valence-electron chi connectivity index (χ4n) is 7.08. The Bertz CT molecular complexity index is 1880. The van der Waals surface area contributed by atoms with Gasteiger partial charge >= 0.3 is 12.2 Å². The van der Waals surface area contributed by atoms with E-state index in [0.717, 1.165) is 41.7 Å². The number of rotatable bonds is 6. The van der Waals surface area contributed by atoms with Crippen LogP contribution in [0.1, 0.15) is 76.8 Å². The number of nitrogens with zero attached hydrogens (tertiary/aromatic N) is 2. The summed E-state index contributed by atoms with van der Waals surface area (Å²) >= 11 is 13.1. The summed E-state index contributed by atoms with van der Waals surface area (Å²) in [6, 6.07) is 6.30. The summed E-state index contributed by atoms with van der Waals surface area (Å²) in [5, 5.41) is 6.37. The predicted octanol–water partition coefficient (Wildman–Crippen LogP) is 5.74. The first-order chi connectivity index (χ1) is 25.0. The first-order valence-corrected chi connectivity index (χ1v) is 20.8. The highest BCUT2D eigenvalue weighted by atomic mass is 35.5. The highest BCUT2D eigenvalue weighted by molar-refractivity contribution is 7.91. The van der Waals surface area contributed by atoms with Crippen LogP contribution >= 0.6 is 34.5 Å². The first kappa shape index (κ1) is 39.3. The Labute approximate surface area is 323 Å². The van der Waals surface area contributed by atoms with E-state index < -0.39 is 63.4 Å². The molecular formula is C36H45Cl2N5O8S2. The zero-order chi connectivity index (χ0) is 38.1. The second kappa shape index (κ2) is 15.8. The molecule has 1 aromatic heterocycles. The average molecular weight is 811 g/mol. The summed E-state index contributed by atoms with van der Waals surface area (Å²) < 4.78 is 40.8. The molecule has 2 aromatic rings. The summed E-state index contributed by atoms with van der Waals surface area (Å²) in [6.45, 7) is 5.64. The summed E-state index contributed by atoms with van der Waals surface area (Å²) in [5.74, 6) is -1.17. The lowest BCUT2D eigenvalue weighted by molar-refractivity contribution is -0.140. The van der Waals surface area contributed by atoms with E-state index in [9.17, 15) is 27.6 Å². The monoisotopic (exact) mass is 809 g/mol. The van der Waals surface area contributed by atoms with Crippen molar-refractivity contribution in [1.82, 2.24) is 25.2 Å². The number of hydrogen-bond acceptors (Lipinski definition) is 9. The van der Waals surface area contributed by atoms with Crippen molar-refractivity contribution in [2.24, 2.45) is 5.92 Å². The summed E-state index contributed by atoms with van der Waals surface area (Å²) in [7, 11) is -3.92. The molecule has 17 heteroatoms. The Kier molecular flexibility index (Phi) is 11.7. The number of alkyl carbamates (subject to hydrolysis) is 1. The van der Waals surface area contributed by atoms with Crippen LogP contribution in [0.2, 0.25) is 9.36 Å². The van der Waals surface area contributed by atoms with Crippen LogP contribution in [0.3, 0.4) is 0 Å². The van der Waals surface area contributed by atoms with E-state index >= 15 is 0 Å². The fourth-order valence-corrected chi connectivity index (χ4v) is 9.91. The lowest BCUT2D eigenvalue weighted by Crippen LogP contribution is -2.56. The van der Waals surface area contributed by atoms with Gasteiger partial charge in [-0.2, -0.15) is 0 Å². The van der Waals surface area contributed by atoms with Gasteiger partial charge in [-0.1, -0.05) is 54.3 Å². The van der Waals surface area contributed by atoms with E-state index in [1.54, 1.807) is 26.8 Å². The van der Waals surface area contributed by atoms with Gasteiger partial charge in [0.1, 0.15) is 28.0 Å². The molecule has 13 nitrogen and oxygen atoms in total. The third-order valence-corrected chi connectivity index (χ3v) is 13.2. The summed E-state index contributed by atoms with van der Waals surface area (Å²) in [4.78, 5) is 57.9. The van der Waals surface area contributed by atoms with Crippen LogP contribution in [0.25, 0.3) is 0 Å². The van der Waals surface area contributed by atoms with Crippen molar-refractivity contribution >= 4 is 68.6 Å². The molecule has 4 heterocycles. The molecule has 0 radical (unpaired) electrons. The topological polar surface area (TPSA) is 163 Å². The minimum atomic E-state index is -3.92. The number of sulfonamides is 1. The van der Waals surface area contributed by atoms with Crippen LogP contribution < -0.4 is 15.4 Å². The van der Waals surface area contributed by atoms with Gasteiger partial charge in [-0.3, -0.25) is 14.5 Å². The Morgan fingerprint density at radius 3 is 2.58 bits per heavy atom. The Balaban J connectivity index is 1.24. The molecule has 3 N–H and O–H groups in total. The maximum atomic E-state index is 14.4. The molecule has 4 aliphatic rings. The molecule has 1 saturated heterocycles. The molecule has 1 aromatic carbocycles. The van der Waals surface area contributed by atoms with E-state index in [4.69, 9.17) is 32.7 Å². The molecule has 5 atom stereocenters. The van der Waals surface area contributed by atoms with Gasteiger partial charge in [0.2, 0.25) is 21.8 Å². The molecule has 0 spiro atoms. The van der Waals surface area contributed by atoms with Gasteiger partial charge in [0.05, 0.1) is 16.4 Å². The zero-order valence-corrected chi connectivity index (χ0v) is 33.0. The summed E-state index contributed by atoms with van der Waals surface area (Å²) in [5.41, 5.74) is 0.103. The van der Waals surface area contributed by atoms with Crippen molar-refractivity contribution in [3.8, 4) is 0 Å². The van der Waals surface area contributed by atoms with Gasteiger partial charge in [0.25, 0.3) is 0 Å². The number of nitrogens with one attached hydrogen (secondary N) is 3. The quantitative estimate of drug-likeness (QED) is 0.311. The van der Waals surface area contributed by atoms with Crippen molar-refractivity contribution in [2.45, 2.75) is 112 Å². The molecule has 1 saturated carbocycles. The van der Waals surface area contributed by atoms with E-state index in [1.165, 1.54) is 21.9 Å². The van der Waals surface area contributed by atoms with Crippen LogP contribution in [0, 0.1) is 5.92 Å². The number of benzene rings is 1. The van der Waals surface area contributed by atoms with Gasteiger partial charge < -0.3 is 25.0 Å². The molecule has 53 heavy (non-hydrogen) atoms. The van der Waals surface area contributed by atoms with Gasteiger partial charge in [-0.05, 0) is 81.8 Å². The third kappa shape index (κ3) is 9.66. The van der Waals surface area contributed by atoms with E-state index in [1.807, 2.05) is 24.3 Å². The SMILES string of the molecule is CC(C)(C)OC(=O)NC1CCCCC/C=C\C2CC2(CNS(=O)(=O)c2ccc(Cl)s2)NC(=O)C2CC(OC(=O)N3Cc4ccc(Cl)cc4C3)CN2C1=O. The zero-order valence-electron chi connectivity index (χ0n) is 29.9. The third-order valence-electron chi connectivity index (χ3n) is 9.88. The van der Waals surface area contributed by atoms with Crippen molar-refractivity contribution in [2.75, 3.05) is 13.1 Å². The van der Waals surface area contributed by atoms with Crippen LogP contribution in [0.5, 0.6) is 0 Å². The molecule has 5 unspecified atom stereocenters. The lowest BCUT2D eigenvalue weighted by atomic mass is 10.0. The molecule has 2 fully saturated rings. The maximum absolute atomic E-state index is 14.4. The van der Waals surface area contributed by atoms with Crippen LogP contribution in [-0.4, -0.2) is 84.6 Å². The van der Waals surface area contributed by atoms with Crippen molar-refractivity contribution < 1.29 is 37.1 Å². The minimum Gasteiger partial charge on any atom is -0.444 e. The smallest absolute Gasteiger partial charge is 0.410 e. The van der Waals surface area contributed by atoms with Gasteiger partial charge in [0.15, 0.2) is 0 Å². The van der Waals surface area contributed by atoms with Crippen molar-refractivity contribution in [1.29, 1.82) is 0 Å².